The second-order valence-electron chi connectivity index (χ2n) is 4.58. The van der Waals surface area contributed by atoms with Gasteiger partial charge in [0.25, 0.3) is 0 Å². The van der Waals surface area contributed by atoms with E-state index in [0.29, 0.717) is 6.54 Å². The molecule has 0 bridgehead atoms. The molecule has 0 saturated heterocycles. The van der Waals surface area contributed by atoms with Crippen LogP contribution in [-0.4, -0.2) is 41.2 Å². The Balaban J connectivity index is 2.47. The SMILES string of the molecule is C=CCN(CCO)Cc1ccc(CNCCC)cn1. The lowest BCUT2D eigenvalue weighted by Crippen LogP contribution is -2.27. The van der Waals surface area contributed by atoms with E-state index in [-0.39, 0.29) is 6.61 Å². The van der Waals surface area contributed by atoms with E-state index >= 15 is 0 Å². The van der Waals surface area contributed by atoms with Gasteiger partial charge in [0.15, 0.2) is 0 Å². The van der Waals surface area contributed by atoms with Crippen LogP contribution in [0, 0.1) is 0 Å². The fraction of sp³-hybridized carbons (Fsp3) is 0.533. The Morgan fingerprint density at radius 1 is 1.47 bits per heavy atom. The summed E-state index contributed by atoms with van der Waals surface area (Å²) in [5, 5.41) is 12.4. The number of hydrogen-bond donors (Lipinski definition) is 2. The van der Waals surface area contributed by atoms with Crippen molar-refractivity contribution in [2.24, 2.45) is 0 Å². The molecule has 4 nitrogen and oxygen atoms in total. The molecule has 19 heavy (non-hydrogen) atoms. The molecule has 0 aromatic carbocycles. The summed E-state index contributed by atoms with van der Waals surface area (Å²) in [6.07, 6.45) is 4.91. The van der Waals surface area contributed by atoms with Gasteiger partial charge in [-0.2, -0.15) is 0 Å². The minimum Gasteiger partial charge on any atom is -0.395 e. The predicted octanol–water partition coefficient (Wildman–Crippen LogP) is 1.56. The molecule has 0 amide bonds. The van der Waals surface area contributed by atoms with E-state index in [4.69, 9.17) is 5.11 Å². The number of aliphatic hydroxyl groups excluding tert-OH is 1. The molecule has 1 aromatic heterocycles. The van der Waals surface area contributed by atoms with Crippen molar-refractivity contribution in [2.75, 3.05) is 26.2 Å². The summed E-state index contributed by atoms with van der Waals surface area (Å²) >= 11 is 0. The summed E-state index contributed by atoms with van der Waals surface area (Å²) in [5.74, 6) is 0. The first-order chi connectivity index (χ1) is 9.30. The van der Waals surface area contributed by atoms with E-state index in [1.54, 1.807) is 0 Å². The summed E-state index contributed by atoms with van der Waals surface area (Å²) in [7, 11) is 0. The number of pyridine rings is 1. The van der Waals surface area contributed by atoms with Gasteiger partial charge in [-0.25, -0.2) is 0 Å². The molecule has 4 heteroatoms. The quantitative estimate of drug-likeness (QED) is 0.497. The topological polar surface area (TPSA) is 48.4 Å². The fourth-order valence-corrected chi connectivity index (χ4v) is 1.85. The molecule has 0 aliphatic heterocycles. The molecule has 0 aliphatic rings. The monoisotopic (exact) mass is 263 g/mol. The Kier molecular flexibility index (Phi) is 8.05. The van der Waals surface area contributed by atoms with Crippen LogP contribution in [-0.2, 0) is 13.1 Å². The first kappa shape index (κ1) is 15.8. The van der Waals surface area contributed by atoms with E-state index in [0.717, 1.165) is 38.3 Å². The van der Waals surface area contributed by atoms with Crippen LogP contribution in [0.25, 0.3) is 0 Å². The van der Waals surface area contributed by atoms with Gasteiger partial charge in [-0.1, -0.05) is 19.1 Å². The van der Waals surface area contributed by atoms with Crippen LogP contribution in [0.3, 0.4) is 0 Å². The molecule has 0 fully saturated rings. The van der Waals surface area contributed by atoms with Gasteiger partial charge in [0.05, 0.1) is 12.3 Å². The molecule has 1 aromatic rings. The number of hydrogen-bond acceptors (Lipinski definition) is 4. The average Bonchev–Trinajstić information content (AvgIpc) is 2.42. The second-order valence-corrected chi connectivity index (χ2v) is 4.58. The Bertz CT molecular complexity index is 351. The van der Waals surface area contributed by atoms with Crippen LogP contribution in [0.5, 0.6) is 0 Å². The standard InChI is InChI=1S/C15H25N3O/c1-3-7-16-11-14-5-6-15(17-12-14)13-18(8-4-2)9-10-19/h4-6,12,16,19H,2-3,7-11,13H2,1H3. The Morgan fingerprint density at radius 3 is 2.89 bits per heavy atom. The first-order valence-electron chi connectivity index (χ1n) is 6.88. The zero-order chi connectivity index (χ0) is 13.9. The normalized spacial score (nSPS) is 10.9. The largest absolute Gasteiger partial charge is 0.395 e. The summed E-state index contributed by atoms with van der Waals surface area (Å²) in [4.78, 5) is 6.58. The van der Waals surface area contributed by atoms with Gasteiger partial charge >= 0.3 is 0 Å². The van der Waals surface area contributed by atoms with E-state index < -0.39 is 0 Å². The van der Waals surface area contributed by atoms with Crippen molar-refractivity contribution in [3.63, 3.8) is 0 Å². The number of aliphatic hydroxyl groups is 1. The summed E-state index contributed by atoms with van der Waals surface area (Å²) in [6.45, 7) is 10.1. The van der Waals surface area contributed by atoms with Gasteiger partial charge in [0.2, 0.25) is 0 Å². The van der Waals surface area contributed by atoms with Gasteiger partial charge in [-0.15, -0.1) is 6.58 Å². The van der Waals surface area contributed by atoms with Crippen LogP contribution in [0.4, 0.5) is 0 Å². The Hall–Kier alpha value is -1.23. The highest BCUT2D eigenvalue weighted by molar-refractivity contribution is 5.14. The van der Waals surface area contributed by atoms with Crippen molar-refractivity contribution in [1.82, 2.24) is 15.2 Å². The first-order valence-corrected chi connectivity index (χ1v) is 6.88. The summed E-state index contributed by atoms with van der Waals surface area (Å²) in [6, 6.07) is 4.16. The van der Waals surface area contributed by atoms with Crippen molar-refractivity contribution in [1.29, 1.82) is 0 Å². The van der Waals surface area contributed by atoms with Crippen LogP contribution in [0.1, 0.15) is 24.6 Å². The number of nitrogens with zero attached hydrogens (tertiary/aromatic N) is 2. The lowest BCUT2D eigenvalue weighted by molar-refractivity contribution is 0.202. The number of nitrogens with one attached hydrogen (secondary N) is 1. The van der Waals surface area contributed by atoms with Gasteiger partial charge in [-0.3, -0.25) is 9.88 Å². The van der Waals surface area contributed by atoms with Gasteiger partial charge in [-0.05, 0) is 24.6 Å². The second kappa shape index (κ2) is 9.67. The summed E-state index contributed by atoms with van der Waals surface area (Å²) in [5.41, 5.74) is 2.23. The van der Waals surface area contributed by atoms with Crippen molar-refractivity contribution < 1.29 is 5.11 Å². The van der Waals surface area contributed by atoms with E-state index in [2.05, 4.69) is 40.8 Å². The van der Waals surface area contributed by atoms with Gasteiger partial charge in [0, 0.05) is 32.4 Å². The van der Waals surface area contributed by atoms with Gasteiger partial charge < -0.3 is 10.4 Å². The lowest BCUT2D eigenvalue weighted by atomic mass is 10.2. The van der Waals surface area contributed by atoms with Crippen LogP contribution < -0.4 is 5.32 Å². The van der Waals surface area contributed by atoms with Gasteiger partial charge in [0.1, 0.15) is 0 Å². The molecule has 1 rings (SSSR count). The average molecular weight is 263 g/mol. The van der Waals surface area contributed by atoms with Crippen molar-refractivity contribution in [2.45, 2.75) is 26.4 Å². The fourth-order valence-electron chi connectivity index (χ4n) is 1.85. The number of aromatic nitrogens is 1. The Morgan fingerprint density at radius 2 is 2.32 bits per heavy atom. The molecule has 0 radical (unpaired) electrons. The maximum absolute atomic E-state index is 9.00. The molecule has 0 spiro atoms. The third-order valence-corrected chi connectivity index (χ3v) is 2.83. The predicted molar refractivity (Wildman–Crippen MR) is 78.8 cm³/mol. The summed E-state index contributed by atoms with van der Waals surface area (Å²) < 4.78 is 0. The zero-order valence-corrected chi connectivity index (χ0v) is 11.8. The Labute approximate surface area is 116 Å². The highest BCUT2D eigenvalue weighted by atomic mass is 16.3. The highest BCUT2D eigenvalue weighted by Gasteiger charge is 2.04. The van der Waals surface area contributed by atoms with Crippen LogP contribution in [0.15, 0.2) is 31.0 Å². The molecule has 0 atom stereocenters. The zero-order valence-electron chi connectivity index (χ0n) is 11.8. The third kappa shape index (κ3) is 6.47. The maximum Gasteiger partial charge on any atom is 0.0558 e. The van der Waals surface area contributed by atoms with Crippen molar-refractivity contribution >= 4 is 0 Å². The van der Waals surface area contributed by atoms with E-state index in [9.17, 15) is 0 Å². The molecule has 1 heterocycles. The van der Waals surface area contributed by atoms with Crippen molar-refractivity contribution in [3.05, 3.63) is 42.2 Å². The van der Waals surface area contributed by atoms with E-state index in [1.807, 2.05) is 12.3 Å². The van der Waals surface area contributed by atoms with E-state index in [1.165, 1.54) is 5.56 Å². The van der Waals surface area contributed by atoms with Crippen molar-refractivity contribution in [3.8, 4) is 0 Å². The molecule has 0 aliphatic carbocycles. The molecule has 106 valence electrons. The number of rotatable bonds is 10. The van der Waals surface area contributed by atoms with Crippen LogP contribution in [0.2, 0.25) is 0 Å². The van der Waals surface area contributed by atoms with Crippen LogP contribution >= 0.6 is 0 Å². The smallest absolute Gasteiger partial charge is 0.0558 e. The molecule has 2 N–H and O–H groups in total. The highest BCUT2D eigenvalue weighted by Crippen LogP contribution is 2.04. The third-order valence-electron chi connectivity index (χ3n) is 2.83. The lowest BCUT2D eigenvalue weighted by Gasteiger charge is -2.18. The minimum atomic E-state index is 0.160. The molecule has 0 saturated carbocycles. The maximum atomic E-state index is 9.00. The molecule has 0 unspecified atom stereocenters. The minimum absolute atomic E-state index is 0.160. The molecular weight excluding hydrogens is 238 g/mol. The molecular formula is C15H25N3O.